The number of alkyl halides is 3. The highest BCUT2D eigenvalue weighted by Gasteiger charge is 2.35. The fourth-order valence-corrected chi connectivity index (χ4v) is 3.73. The largest absolute Gasteiger partial charge is 0.507 e. The number of hydrogen-bond donors (Lipinski definition) is 3. The molecule has 1 aliphatic heterocycles. The molecule has 2 aromatic heterocycles. The Morgan fingerprint density at radius 3 is 2.68 bits per heavy atom. The third kappa shape index (κ3) is 2.41. The summed E-state index contributed by atoms with van der Waals surface area (Å²) >= 11 is 0. The quantitative estimate of drug-likeness (QED) is 0.439. The van der Waals surface area contributed by atoms with Gasteiger partial charge in [0.2, 0.25) is 0 Å². The van der Waals surface area contributed by atoms with Crippen molar-refractivity contribution in [1.82, 2.24) is 15.2 Å². The number of rotatable bonds is 1. The van der Waals surface area contributed by atoms with Crippen molar-refractivity contribution in [2.24, 2.45) is 0 Å². The summed E-state index contributed by atoms with van der Waals surface area (Å²) in [6.45, 7) is 0. The van der Waals surface area contributed by atoms with Gasteiger partial charge in [-0.2, -0.15) is 18.3 Å². The summed E-state index contributed by atoms with van der Waals surface area (Å²) < 4.78 is 40.0. The molecule has 140 valence electrons. The van der Waals surface area contributed by atoms with Gasteiger partial charge in [0.1, 0.15) is 5.75 Å². The Kier molecular flexibility index (Phi) is 3.39. The summed E-state index contributed by atoms with van der Waals surface area (Å²) in [5.74, 6) is -0.796. The third-order valence-electron chi connectivity index (χ3n) is 4.99. The molecular formula is C20H13F3N4O. The molecule has 0 radical (unpaired) electrons. The molecule has 0 fully saturated rings. The first-order valence-electron chi connectivity index (χ1n) is 8.52. The molecule has 1 atom stereocenters. The zero-order valence-corrected chi connectivity index (χ0v) is 14.2. The van der Waals surface area contributed by atoms with E-state index in [0.29, 0.717) is 11.2 Å². The zero-order chi connectivity index (χ0) is 19.5. The number of para-hydroxylation sites is 1. The number of aromatic amines is 1. The second kappa shape index (κ2) is 5.72. The summed E-state index contributed by atoms with van der Waals surface area (Å²) in [6.07, 6.45) is -1.27. The number of hydrogen-bond acceptors (Lipinski definition) is 4. The van der Waals surface area contributed by atoms with Gasteiger partial charge in [0.05, 0.1) is 17.8 Å². The third-order valence-corrected chi connectivity index (χ3v) is 4.99. The van der Waals surface area contributed by atoms with Crippen molar-refractivity contribution in [3.05, 3.63) is 71.5 Å². The predicted molar refractivity (Wildman–Crippen MR) is 97.9 cm³/mol. The van der Waals surface area contributed by atoms with Crippen LogP contribution in [0.1, 0.15) is 22.7 Å². The summed E-state index contributed by atoms with van der Waals surface area (Å²) in [6, 6.07) is 10.5. The van der Waals surface area contributed by atoms with Gasteiger partial charge < -0.3 is 15.4 Å². The fourth-order valence-electron chi connectivity index (χ4n) is 3.73. The Balaban J connectivity index is 1.78. The molecule has 3 heterocycles. The molecule has 0 bridgehead atoms. The van der Waals surface area contributed by atoms with E-state index in [1.165, 1.54) is 6.07 Å². The number of anilines is 1. The molecule has 4 aromatic rings. The number of benzene rings is 2. The highest BCUT2D eigenvalue weighted by atomic mass is 19.4. The molecular weight excluding hydrogens is 369 g/mol. The number of phenols is 1. The average molecular weight is 382 g/mol. The molecule has 3 N–H and O–H groups in total. The predicted octanol–water partition coefficient (Wildman–Crippen LogP) is 4.86. The number of aromatic hydroxyl groups is 1. The molecule has 8 heteroatoms. The van der Waals surface area contributed by atoms with Gasteiger partial charge >= 0.3 is 6.18 Å². The van der Waals surface area contributed by atoms with E-state index in [1.54, 1.807) is 12.4 Å². The normalized spacial score (nSPS) is 15.8. The van der Waals surface area contributed by atoms with Gasteiger partial charge in [-0.1, -0.05) is 24.3 Å². The standard InChI is InChI=1S/C20H13F3N4O/c21-20(22,23)14-7-10(5-6-16(14)28)18-13-8-24-19-17(13)12(9-25-27-19)11-3-1-2-4-15(11)26-18/h1-9,18,26,28H,(H,24,27). The van der Waals surface area contributed by atoms with Crippen LogP contribution in [-0.2, 0) is 6.18 Å². The Morgan fingerprint density at radius 1 is 1.04 bits per heavy atom. The second-order valence-electron chi connectivity index (χ2n) is 6.62. The molecule has 5 nitrogen and oxygen atoms in total. The summed E-state index contributed by atoms with van der Waals surface area (Å²) in [4.78, 5) is 3.05. The lowest BCUT2D eigenvalue weighted by Gasteiger charge is -2.21. The van der Waals surface area contributed by atoms with Gasteiger partial charge in [-0.25, -0.2) is 0 Å². The smallest absolute Gasteiger partial charge is 0.419 e. The second-order valence-corrected chi connectivity index (χ2v) is 6.62. The van der Waals surface area contributed by atoms with Crippen LogP contribution >= 0.6 is 0 Å². The van der Waals surface area contributed by atoms with E-state index in [1.807, 2.05) is 24.3 Å². The van der Waals surface area contributed by atoms with Crippen LogP contribution in [0.15, 0.2) is 54.9 Å². The maximum Gasteiger partial charge on any atom is 0.419 e. The first-order chi connectivity index (χ1) is 13.4. The molecule has 0 saturated heterocycles. The lowest BCUT2D eigenvalue weighted by atomic mass is 9.96. The van der Waals surface area contributed by atoms with Crippen molar-refractivity contribution in [3.8, 4) is 16.9 Å². The van der Waals surface area contributed by atoms with E-state index in [4.69, 9.17) is 0 Å². The van der Waals surface area contributed by atoms with Crippen LogP contribution in [0.3, 0.4) is 0 Å². The highest BCUT2D eigenvalue weighted by Crippen LogP contribution is 2.44. The van der Waals surface area contributed by atoms with Crippen LogP contribution in [0.4, 0.5) is 18.9 Å². The van der Waals surface area contributed by atoms with E-state index in [2.05, 4.69) is 20.5 Å². The van der Waals surface area contributed by atoms with E-state index in [0.717, 1.165) is 39.9 Å². The van der Waals surface area contributed by atoms with Crippen LogP contribution in [-0.4, -0.2) is 20.3 Å². The van der Waals surface area contributed by atoms with Crippen molar-refractivity contribution in [2.45, 2.75) is 12.2 Å². The van der Waals surface area contributed by atoms with Crippen LogP contribution < -0.4 is 5.32 Å². The molecule has 5 rings (SSSR count). The maximum atomic E-state index is 13.3. The van der Waals surface area contributed by atoms with Crippen molar-refractivity contribution in [2.75, 3.05) is 5.32 Å². The topological polar surface area (TPSA) is 73.8 Å². The molecule has 0 saturated carbocycles. The Hall–Kier alpha value is -3.55. The number of phenolic OH excluding ortho intramolecular Hbond substituents is 1. The first kappa shape index (κ1) is 16.6. The molecule has 0 amide bonds. The Bertz CT molecular complexity index is 1220. The van der Waals surface area contributed by atoms with Crippen molar-refractivity contribution in [3.63, 3.8) is 0 Å². The van der Waals surface area contributed by atoms with E-state index in [-0.39, 0.29) is 0 Å². The zero-order valence-electron chi connectivity index (χ0n) is 14.2. The van der Waals surface area contributed by atoms with Crippen molar-refractivity contribution < 1.29 is 18.3 Å². The molecule has 28 heavy (non-hydrogen) atoms. The number of nitrogens with one attached hydrogen (secondary N) is 2. The van der Waals surface area contributed by atoms with E-state index < -0.39 is 23.5 Å². The number of aromatic nitrogens is 3. The number of halogens is 3. The van der Waals surface area contributed by atoms with Crippen molar-refractivity contribution >= 4 is 16.7 Å². The lowest BCUT2D eigenvalue weighted by Crippen LogP contribution is -2.13. The SMILES string of the molecule is Oc1ccc(C2Nc3ccccc3-c3cnnc4[nH]cc2c34)cc1C(F)(F)F. The van der Waals surface area contributed by atoms with Crippen LogP contribution in [0.2, 0.25) is 0 Å². The van der Waals surface area contributed by atoms with Gasteiger partial charge in [0, 0.05) is 34.0 Å². The van der Waals surface area contributed by atoms with Gasteiger partial charge in [0.15, 0.2) is 5.65 Å². The molecule has 1 unspecified atom stereocenters. The number of H-pyrrole nitrogens is 1. The summed E-state index contributed by atoms with van der Waals surface area (Å²) in [5, 5.41) is 22.0. The van der Waals surface area contributed by atoms with Gasteiger partial charge in [-0.3, -0.25) is 0 Å². The van der Waals surface area contributed by atoms with Crippen LogP contribution in [0.5, 0.6) is 5.75 Å². The Labute approximate surface area is 156 Å². The molecule has 0 spiro atoms. The maximum absolute atomic E-state index is 13.3. The van der Waals surface area contributed by atoms with Crippen LogP contribution in [0, 0.1) is 0 Å². The minimum atomic E-state index is -4.65. The highest BCUT2D eigenvalue weighted by molar-refractivity contribution is 6.00. The molecule has 1 aliphatic rings. The molecule has 0 aliphatic carbocycles. The van der Waals surface area contributed by atoms with Gasteiger partial charge in [-0.15, -0.1) is 5.10 Å². The minimum absolute atomic E-state index is 0.380. The van der Waals surface area contributed by atoms with Crippen molar-refractivity contribution in [1.29, 1.82) is 0 Å². The van der Waals surface area contributed by atoms with E-state index in [9.17, 15) is 18.3 Å². The monoisotopic (exact) mass is 382 g/mol. The first-order valence-corrected chi connectivity index (χ1v) is 8.52. The molecule has 2 aromatic carbocycles. The number of nitrogens with zero attached hydrogens (tertiary/aromatic N) is 2. The Morgan fingerprint density at radius 2 is 1.86 bits per heavy atom. The average Bonchev–Trinajstić information content (AvgIpc) is 3.04. The summed E-state index contributed by atoms with van der Waals surface area (Å²) in [5.41, 5.74) is 3.15. The van der Waals surface area contributed by atoms with Gasteiger partial charge in [0.25, 0.3) is 0 Å². The lowest BCUT2D eigenvalue weighted by molar-refractivity contribution is -0.138. The van der Waals surface area contributed by atoms with Crippen LogP contribution in [0.25, 0.3) is 22.2 Å². The summed E-state index contributed by atoms with van der Waals surface area (Å²) in [7, 11) is 0. The minimum Gasteiger partial charge on any atom is -0.507 e. The fraction of sp³-hybridized carbons (Fsp3) is 0.100. The van der Waals surface area contributed by atoms with Gasteiger partial charge in [-0.05, 0) is 23.8 Å². The van der Waals surface area contributed by atoms with E-state index >= 15 is 0 Å². The number of fused-ring (bicyclic) bond motifs is 2.